The Bertz CT molecular complexity index is 1700. The van der Waals surface area contributed by atoms with E-state index in [-0.39, 0.29) is 48.1 Å². The van der Waals surface area contributed by atoms with E-state index >= 15 is 0 Å². The van der Waals surface area contributed by atoms with Crippen molar-refractivity contribution < 1.29 is 28.7 Å². The molecule has 3 aromatic carbocycles. The molecular weight excluding hydrogens is 662 g/mol. The summed E-state index contributed by atoms with van der Waals surface area (Å²) >= 11 is 0. The fourth-order valence-electron chi connectivity index (χ4n) is 5.81. The van der Waals surface area contributed by atoms with E-state index in [0.29, 0.717) is 37.3 Å². The second-order valence-electron chi connectivity index (χ2n) is 13.4. The predicted molar refractivity (Wildman–Crippen MR) is 201 cm³/mol. The van der Waals surface area contributed by atoms with Crippen LogP contribution >= 0.6 is 0 Å². The molecule has 1 saturated heterocycles. The minimum absolute atomic E-state index is 0.128. The Morgan fingerprint density at radius 3 is 2.12 bits per heavy atom. The molecule has 1 aliphatic heterocycles. The fourth-order valence-corrected chi connectivity index (χ4v) is 5.81. The number of hydrogen-bond acceptors (Lipinski definition) is 8. The molecule has 1 aliphatic rings. The van der Waals surface area contributed by atoms with Gasteiger partial charge in [0, 0.05) is 48.2 Å². The summed E-state index contributed by atoms with van der Waals surface area (Å²) in [5.74, 6) is -1.63. The smallest absolute Gasteiger partial charge is 0.414 e. The first kappa shape index (κ1) is 39.4. The molecule has 278 valence electrons. The first-order chi connectivity index (χ1) is 24.9. The van der Waals surface area contributed by atoms with Gasteiger partial charge in [0.05, 0.1) is 18.7 Å². The van der Waals surface area contributed by atoms with Crippen molar-refractivity contribution in [3.63, 3.8) is 0 Å². The van der Waals surface area contributed by atoms with Crippen LogP contribution in [0.2, 0.25) is 0 Å². The number of nitrogens with zero attached hydrogens (tertiary/aromatic N) is 1. The van der Waals surface area contributed by atoms with Crippen molar-refractivity contribution in [2.75, 3.05) is 36.9 Å². The van der Waals surface area contributed by atoms with Gasteiger partial charge in [-0.3, -0.25) is 24.1 Å². The molecule has 13 nitrogen and oxygen atoms in total. The molecule has 13 heteroatoms. The van der Waals surface area contributed by atoms with Crippen LogP contribution in [0.15, 0.2) is 72.8 Å². The third-order valence-electron chi connectivity index (χ3n) is 8.83. The minimum atomic E-state index is -0.700. The van der Waals surface area contributed by atoms with Gasteiger partial charge in [0.15, 0.2) is 0 Å². The van der Waals surface area contributed by atoms with Crippen molar-refractivity contribution in [1.29, 1.82) is 0 Å². The number of anilines is 2. The molecule has 0 bridgehead atoms. The van der Waals surface area contributed by atoms with Crippen molar-refractivity contribution in [3.05, 3.63) is 95.1 Å². The quantitative estimate of drug-likeness (QED) is 0.121. The summed E-state index contributed by atoms with van der Waals surface area (Å²) in [6, 6.07) is 19.2. The predicted octanol–water partition coefficient (Wildman–Crippen LogP) is 3.70. The van der Waals surface area contributed by atoms with Gasteiger partial charge in [0.2, 0.25) is 11.8 Å². The highest BCUT2D eigenvalue weighted by molar-refractivity contribution is 6.03. The largest absolute Gasteiger partial charge is 0.449 e. The van der Waals surface area contributed by atoms with Crippen LogP contribution in [0.4, 0.5) is 16.2 Å². The minimum Gasteiger partial charge on any atom is -0.449 e. The zero-order valence-corrected chi connectivity index (χ0v) is 30.5. The molecule has 5 amide bonds. The van der Waals surface area contributed by atoms with E-state index in [1.54, 1.807) is 31.2 Å². The van der Waals surface area contributed by atoms with Crippen molar-refractivity contribution >= 4 is 41.1 Å². The fraction of sp³-hybridized carbons (Fsp3) is 0.410. The van der Waals surface area contributed by atoms with E-state index in [1.165, 1.54) is 11.0 Å². The first-order valence-electron chi connectivity index (χ1n) is 17.8. The molecular formula is C39H51N7O6. The van der Waals surface area contributed by atoms with E-state index in [0.717, 1.165) is 11.1 Å². The Hall–Kier alpha value is -5.43. The Morgan fingerprint density at radius 1 is 0.846 bits per heavy atom. The van der Waals surface area contributed by atoms with Gasteiger partial charge in [0.25, 0.3) is 11.8 Å². The highest BCUT2D eigenvalue weighted by Crippen LogP contribution is 2.24. The lowest BCUT2D eigenvalue weighted by molar-refractivity contribution is -0.130. The van der Waals surface area contributed by atoms with Crippen LogP contribution in [-0.4, -0.2) is 74.1 Å². The molecule has 0 radical (unpaired) electrons. The van der Waals surface area contributed by atoms with Crippen LogP contribution in [0.1, 0.15) is 78.9 Å². The van der Waals surface area contributed by atoms with Crippen molar-refractivity contribution in [1.82, 2.24) is 26.6 Å². The monoisotopic (exact) mass is 713 g/mol. The SMILES string of the molecule is CCNC(=O)[C@@H](NC(=O)[C@H](C)NC[C@H](Cc1ccc(N)cc1)NC(=O)c1cc(C(=O)N[C@H](C)c2ccccc2)cc(N2CCCOC2=O)c1)C(C)C. The molecule has 1 heterocycles. The van der Waals surface area contributed by atoms with Crippen LogP contribution in [-0.2, 0) is 20.7 Å². The normalized spacial score (nSPS) is 15.1. The zero-order chi connectivity index (χ0) is 37.8. The van der Waals surface area contributed by atoms with Crippen molar-refractivity contribution in [3.8, 4) is 0 Å². The molecule has 0 unspecified atom stereocenters. The lowest BCUT2D eigenvalue weighted by Crippen LogP contribution is -2.55. The third-order valence-corrected chi connectivity index (χ3v) is 8.83. The summed E-state index contributed by atoms with van der Waals surface area (Å²) in [5, 5.41) is 14.9. The Morgan fingerprint density at radius 2 is 1.50 bits per heavy atom. The molecule has 0 aliphatic carbocycles. The second kappa shape index (κ2) is 18.7. The first-order valence-corrected chi connectivity index (χ1v) is 17.8. The number of benzene rings is 3. The number of nitrogen functional groups attached to an aromatic ring is 1. The van der Waals surface area contributed by atoms with Crippen LogP contribution in [0.3, 0.4) is 0 Å². The van der Waals surface area contributed by atoms with Gasteiger partial charge >= 0.3 is 6.09 Å². The van der Waals surface area contributed by atoms with Gasteiger partial charge in [-0.15, -0.1) is 0 Å². The number of amides is 5. The molecule has 7 N–H and O–H groups in total. The van der Waals surface area contributed by atoms with E-state index in [4.69, 9.17) is 10.5 Å². The molecule has 3 aromatic rings. The Kier molecular flexibility index (Phi) is 14.2. The van der Waals surface area contributed by atoms with Crippen molar-refractivity contribution in [2.45, 2.75) is 71.6 Å². The summed E-state index contributed by atoms with van der Waals surface area (Å²) in [6.07, 6.45) is 0.426. The molecule has 0 aromatic heterocycles. The maximum Gasteiger partial charge on any atom is 0.414 e. The molecule has 52 heavy (non-hydrogen) atoms. The third kappa shape index (κ3) is 11.0. The lowest BCUT2D eigenvalue weighted by Gasteiger charge is -2.27. The van der Waals surface area contributed by atoms with Crippen LogP contribution in [0.25, 0.3) is 0 Å². The lowest BCUT2D eigenvalue weighted by atomic mass is 10.0. The number of carbonyl (C=O) groups excluding carboxylic acids is 5. The number of rotatable bonds is 16. The van der Waals surface area contributed by atoms with Gasteiger partial charge < -0.3 is 37.1 Å². The van der Waals surface area contributed by atoms with Gasteiger partial charge in [-0.05, 0) is 81.0 Å². The van der Waals surface area contributed by atoms with E-state index in [9.17, 15) is 24.0 Å². The number of likely N-dealkylation sites (N-methyl/N-ethyl adjacent to an activating group) is 1. The van der Waals surface area contributed by atoms with Crippen LogP contribution < -0.4 is 37.2 Å². The summed E-state index contributed by atoms with van der Waals surface area (Å²) in [5.41, 5.74) is 9.05. The zero-order valence-electron chi connectivity index (χ0n) is 30.5. The van der Waals surface area contributed by atoms with Gasteiger partial charge in [0.1, 0.15) is 6.04 Å². The topological polar surface area (TPSA) is 184 Å². The van der Waals surface area contributed by atoms with E-state index in [1.807, 2.05) is 70.2 Å². The number of ether oxygens (including phenoxy) is 1. The van der Waals surface area contributed by atoms with Gasteiger partial charge in [-0.2, -0.15) is 0 Å². The molecule has 4 atom stereocenters. The molecule has 1 fully saturated rings. The second-order valence-corrected chi connectivity index (χ2v) is 13.4. The van der Waals surface area contributed by atoms with Crippen LogP contribution in [0, 0.1) is 5.92 Å². The molecule has 0 saturated carbocycles. The van der Waals surface area contributed by atoms with E-state index in [2.05, 4.69) is 26.6 Å². The summed E-state index contributed by atoms with van der Waals surface area (Å²) in [7, 11) is 0. The number of carbonyl (C=O) groups is 5. The average molecular weight is 714 g/mol. The average Bonchev–Trinajstić information content (AvgIpc) is 3.13. The maximum atomic E-state index is 14.0. The highest BCUT2D eigenvalue weighted by atomic mass is 16.6. The Labute approximate surface area is 305 Å². The standard InChI is InChI=1S/C39H51N7O6/c1-6-41-38(50)34(24(2)3)45-35(47)26(5)42-23-32(19-27-13-15-31(40)16-14-27)44-37(49)30-20-29(21-33(22-30)46-17-10-18-52-39(46)51)36(48)43-25(4)28-11-8-7-9-12-28/h7-9,11-16,20-22,24-26,32,34,42H,6,10,17-19,23,40H2,1-5H3,(H,41,50)(H,43,48)(H,44,49)(H,45,47)/t25-,26+,32+,34+/m1/s1. The molecule has 0 spiro atoms. The van der Waals surface area contributed by atoms with Gasteiger partial charge in [-0.25, -0.2) is 4.79 Å². The number of nitrogens with one attached hydrogen (secondary N) is 5. The number of hydrogen-bond donors (Lipinski definition) is 6. The number of cyclic esters (lactones) is 1. The van der Waals surface area contributed by atoms with Gasteiger partial charge in [-0.1, -0.05) is 56.3 Å². The Balaban J connectivity index is 1.57. The summed E-state index contributed by atoms with van der Waals surface area (Å²) in [6.45, 7) is 10.4. The van der Waals surface area contributed by atoms with Crippen molar-refractivity contribution in [2.24, 2.45) is 5.92 Å². The maximum absolute atomic E-state index is 14.0. The summed E-state index contributed by atoms with van der Waals surface area (Å²) < 4.78 is 5.26. The number of nitrogens with two attached hydrogens (primary N) is 1. The summed E-state index contributed by atoms with van der Waals surface area (Å²) in [4.78, 5) is 67.5. The van der Waals surface area contributed by atoms with Crippen LogP contribution in [0.5, 0.6) is 0 Å². The highest BCUT2D eigenvalue weighted by Gasteiger charge is 2.28. The molecule has 4 rings (SSSR count). The van der Waals surface area contributed by atoms with E-state index < -0.39 is 36.0 Å².